The van der Waals surface area contributed by atoms with Gasteiger partial charge in [0, 0.05) is 32.7 Å². The number of amides is 2. The summed E-state index contributed by atoms with van der Waals surface area (Å²) in [4.78, 5) is 31.5. The van der Waals surface area contributed by atoms with Crippen LogP contribution in [0.3, 0.4) is 0 Å². The first kappa shape index (κ1) is 20.2. The van der Waals surface area contributed by atoms with Crippen molar-refractivity contribution in [1.82, 2.24) is 4.90 Å². The molecule has 1 atom stereocenters. The summed E-state index contributed by atoms with van der Waals surface area (Å²) in [5.74, 6) is -0.621. The normalized spacial score (nSPS) is 19.4. The Balaban J connectivity index is 1.42. The van der Waals surface area contributed by atoms with E-state index in [0.29, 0.717) is 56.3 Å². The third-order valence-electron chi connectivity index (χ3n) is 5.91. The molecule has 0 aliphatic carbocycles. The van der Waals surface area contributed by atoms with Crippen molar-refractivity contribution >= 4 is 23.2 Å². The molecule has 2 heterocycles. The number of methoxy groups -OCH3 is 1. The number of nitrogens with zero attached hydrogens (tertiary/aromatic N) is 3. The number of carbonyl (C=O) groups excluding carboxylic acids is 2. The predicted molar refractivity (Wildman–Crippen MR) is 113 cm³/mol. The minimum Gasteiger partial charge on any atom is -0.495 e. The maximum Gasteiger partial charge on any atom is 0.239 e. The molecule has 0 radical (unpaired) electrons. The molecule has 2 fully saturated rings. The first-order chi connectivity index (χ1) is 14.5. The highest BCUT2D eigenvalue weighted by Crippen LogP contribution is 2.34. The number of piperazine rings is 1. The van der Waals surface area contributed by atoms with Crippen molar-refractivity contribution < 1.29 is 18.7 Å². The molecule has 0 N–H and O–H groups in total. The second-order valence-corrected chi connectivity index (χ2v) is 7.77. The Labute approximate surface area is 175 Å². The predicted octanol–water partition coefficient (Wildman–Crippen LogP) is 2.84. The highest BCUT2D eigenvalue weighted by molar-refractivity contribution is 6.10. The second-order valence-electron chi connectivity index (χ2n) is 7.77. The van der Waals surface area contributed by atoms with Crippen LogP contribution in [0.5, 0.6) is 5.75 Å². The summed E-state index contributed by atoms with van der Waals surface area (Å²) >= 11 is 0. The Morgan fingerprint density at radius 1 is 1.03 bits per heavy atom. The van der Waals surface area contributed by atoms with Crippen LogP contribution in [0, 0.1) is 18.7 Å². The Hall–Kier alpha value is -3.09. The van der Waals surface area contributed by atoms with Crippen LogP contribution in [-0.2, 0) is 9.59 Å². The molecule has 0 aromatic heterocycles. The first-order valence-corrected chi connectivity index (χ1v) is 10.2. The van der Waals surface area contributed by atoms with Crippen LogP contribution in [0.15, 0.2) is 42.5 Å². The van der Waals surface area contributed by atoms with Crippen LogP contribution in [0.1, 0.15) is 12.0 Å². The lowest BCUT2D eigenvalue weighted by Crippen LogP contribution is -2.51. The number of hydrogen-bond acceptors (Lipinski definition) is 4. The van der Waals surface area contributed by atoms with Crippen LogP contribution in [0.4, 0.5) is 15.8 Å². The Morgan fingerprint density at radius 2 is 1.77 bits per heavy atom. The lowest BCUT2D eigenvalue weighted by atomic mass is 10.1. The maximum absolute atomic E-state index is 14.0. The topological polar surface area (TPSA) is 53.1 Å². The van der Waals surface area contributed by atoms with Crippen LogP contribution in [0.25, 0.3) is 0 Å². The molecule has 4 rings (SSSR count). The van der Waals surface area contributed by atoms with E-state index in [4.69, 9.17) is 4.74 Å². The number of ether oxygens (including phenoxy) is 1. The van der Waals surface area contributed by atoms with E-state index in [0.717, 1.165) is 5.56 Å². The van der Waals surface area contributed by atoms with Crippen LogP contribution in [0.2, 0.25) is 0 Å². The van der Waals surface area contributed by atoms with Crippen LogP contribution in [-0.4, -0.2) is 56.5 Å². The zero-order valence-corrected chi connectivity index (χ0v) is 17.3. The summed E-state index contributed by atoms with van der Waals surface area (Å²) in [5.41, 5.74) is 2.29. The number of benzene rings is 2. The van der Waals surface area contributed by atoms with E-state index in [9.17, 15) is 14.0 Å². The summed E-state index contributed by atoms with van der Waals surface area (Å²) in [5, 5.41) is 0. The van der Waals surface area contributed by atoms with E-state index < -0.39 is 5.92 Å². The van der Waals surface area contributed by atoms with Gasteiger partial charge in [-0.25, -0.2) is 4.39 Å². The molecule has 2 saturated heterocycles. The van der Waals surface area contributed by atoms with E-state index in [-0.39, 0.29) is 17.6 Å². The smallest absolute Gasteiger partial charge is 0.239 e. The van der Waals surface area contributed by atoms with Gasteiger partial charge in [0.2, 0.25) is 11.8 Å². The summed E-state index contributed by atoms with van der Waals surface area (Å²) in [7, 11) is 1.58. The fraction of sp³-hybridized carbons (Fsp3) is 0.391. The summed E-state index contributed by atoms with van der Waals surface area (Å²) in [6.07, 6.45) is 0.488. The van der Waals surface area contributed by atoms with Gasteiger partial charge in [0.25, 0.3) is 0 Å². The minimum absolute atomic E-state index is 0.137. The largest absolute Gasteiger partial charge is 0.495 e. The van der Waals surface area contributed by atoms with Crippen molar-refractivity contribution in [1.29, 1.82) is 0 Å². The van der Waals surface area contributed by atoms with Crippen molar-refractivity contribution in [2.45, 2.75) is 13.3 Å². The standard InChI is InChI=1S/C23H26FN3O3/c1-16-7-8-21(30-2)20(15-16)27-10-9-17(23(27)29)22(28)26-13-11-25(12-14-26)19-6-4-3-5-18(19)24/h3-8,15,17H,9-14H2,1-2H3. The van der Waals surface area contributed by atoms with Gasteiger partial charge in [0.1, 0.15) is 17.5 Å². The fourth-order valence-corrected chi connectivity index (χ4v) is 4.26. The summed E-state index contributed by atoms with van der Waals surface area (Å²) < 4.78 is 19.4. The van der Waals surface area contributed by atoms with Crippen molar-refractivity contribution in [3.63, 3.8) is 0 Å². The number of aryl methyl sites for hydroxylation is 1. The SMILES string of the molecule is COc1ccc(C)cc1N1CCC(C(=O)N2CCN(c3ccccc3F)CC2)C1=O. The molecular formula is C23H26FN3O3. The Bertz CT molecular complexity index is 956. The maximum atomic E-state index is 14.0. The van der Waals surface area contributed by atoms with E-state index in [2.05, 4.69) is 0 Å². The molecule has 2 aliphatic heterocycles. The van der Waals surface area contributed by atoms with E-state index >= 15 is 0 Å². The molecule has 30 heavy (non-hydrogen) atoms. The number of hydrogen-bond donors (Lipinski definition) is 0. The van der Waals surface area contributed by atoms with Gasteiger partial charge >= 0.3 is 0 Å². The fourth-order valence-electron chi connectivity index (χ4n) is 4.26. The van der Waals surface area contributed by atoms with E-state index in [1.165, 1.54) is 6.07 Å². The van der Waals surface area contributed by atoms with Gasteiger partial charge < -0.3 is 19.4 Å². The van der Waals surface area contributed by atoms with E-state index in [1.54, 1.807) is 35.1 Å². The molecule has 2 aromatic carbocycles. The number of para-hydroxylation sites is 1. The number of anilines is 2. The van der Waals surface area contributed by atoms with Gasteiger partial charge in [-0.2, -0.15) is 0 Å². The third kappa shape index (κ3) is 3.72. The molecule has 0 spiro atoms. The van der Waals surface area contributed by atoms with Gasteiger partial charge in [0.15, 0.2) is 0 Å². The lowest BCUT2D eigenvalue weighted by Gasteiger charge is -2.37. The molecule has 7 heteroatoms. The van der Waals surface area contributed by atoms with Crippen LogP contribution >= 0.6 is 0 Å². The molecule has 2 amide bonds. The summed E-state index contributed by atoms with van der Waals surface area (Å²) in [6.45, 7) is 4.49. The lowest BCUT2D eigenvalue weighted by molar-refractivity contribution is -0.140. The molecule has 6 nitrogen and oxygen atoms in total. The van der Waals surface area contributed by atoms with Crippen molar-refractivity contribution in [3.05, 3.63) is 53.8 Å². The number of carbonyl (C=O) groups is 2. The zero-order valence-electron chi connectivity index (χ0n) is 17.3. The minimum atomic E-state index is -0.671. The Morgan fingerprint density at radius 3 is 2.47 bits per heavy atom. The average molecular weight is 411 g/mol. The van der Waals surface area contributed by atoms with Crippen LogP contribution < -0.4 is 14.5 Å². The van der Waals surface area contributed by atoms with Crippen molar-refractivity contribution in [2.75, 3.05) is 49.6 Å². The van der Waals surface area contributed by atoms with Gasteiger partial charge in [-0.15, -0.1) is 0 Å². The Kier molecular flexibility index (Phi) is 5.61. The van der Waals surface area contributed by atoms with Crippen molar-refractivity contribution in [3.8, 4) is 5.75 Å². The molecule has 2 aromatic rings. The van der Waals surface area contributed by atoms with Gasteiger partial charge in [-0.1, -0.05) is 18.2 Å². The molecule has 1 unspecified atom stereocenters. The molecule has 2 aliphatic rings. The molecule has 0 saturated carbocycles. The van der Waals surface area contributed by atoms with Gasteiger partial charge in [-0.3, -0.25) is 9.59 Å². The quantitative estimate of drug-likeness (QED) is 0.726. The number of halogens is 1. The highest BCUT2D eigenvalue weighted by Gasteiger charge is 2.41. The zero-order chi connectivity index (χ0) is 21.3. The molecular weight excluding hydrogens is 385 g/mol. The number of rotatable bonds is 4. The highest BCUT2D eigenvalue weighted by atomic mass is 19.1. The summed E-state index contributed by atoms with van der Waals surface area (Å²) in [6, 6.07) is 12.4. The molecule has 158 valence electrons. The monoisotopic (exact) mass is 411 g/mol. The van der Waals surface area contributed by atoms with Crippen molar-refractivity contribution in [2.24, 2.45) is 5.92 Å². The second kappa shape index (κ2) is 8.34. The molecule has 0 bridgehead atoms. The van der Waals surface area contributed by atoms with Gasteiger partial charge in [0.05, 0.1) is 18.5 Å². The third-order valence-corrected chi connectivity index (χ3v) is 5.91. The van der Waals surface area contributed by atoms with Gasteiger partial charge in [-0.05, 0) is 43.2 Å². The van der Waals surface area contributed by atoms with E-state index in [1.807, 2.05) is 30.0 Å². The first-order valence-electron chi connectivity index (χ1n) is 10.2. The average Bonchev–Trinajstić information content (AvgIpc) is 3.15.